The molecule has 1 heterocycles. The highest BCUT2D eigenvalue weighted by molar-refractivity contribution is 6.42. The maximum atomic E-state index is 12.3. The Balaban J connectivity index is 2.09. The number of carbonyl (C=O) groups is 1. The summed E-state index contributed by atoms with van der Waals surface area (Å²) in [4.78, 5) is 14.6. The van der Waals surface area contributed by atoms with Gasteiger partial charge < -0.3 is 0 Å². The molecule has 0 saturated carbocycles. The van der Waals surface area contributed by atoms with E-state index < -0.39 is 0 Å². The third-order valence-corrected chi connectivity index (χ3v) is 4.73. The van der Waals surface area contributed by atoms with Crippen molar-refractivity contribution < 1.29 is 4.79 Å². The molecule has 1 aromatic rings. The van der Waals surface area contributed by atoms with Gasteiger partial charge in [0.25, 0.3) is 0 Å². The van der Waals surface area contributed by atoms with Crippen molar-refractivity contribution >= 4 is 29.0 Å². The molecule has 2 rings (SSSR count). The molecule has 104 valence electrons. The van der Waals surface area contributed by atoms with E-state index in [1.807, 2.05) is 0 Å². The van der Waals surface area contributed by atoms with Gasteiger partial charge in [-0.2, -0.15) is 0 Å². The Morgan fingerprint density at radius 1 is 1.32 bits per heavy atom. The number of benzene rings is 1. The second-order valence-electron chi connectivity index (χ2n) is 5.21. The predicted octanol–water partition coefficient (Wildman–Crippen LogP) is 4.44. The molecule has 0 aromatic heterocycles. The second-order valence-corrected chi connectivity index (χ2v) is 6.03. The molecule has 1 saturated heterocycles. The van der Waals surface area contributed by atoms with E-state index in [1.54, 1.807) is 18.2 Å². The van der Waals surface area contributed by atoms with Gasteiger partial charge in [-0.15, -0.1) is 0 Å². The second kappa shape index (κ2) is 6.25. The summed E-state index contributed by atoms with van der Waals surface area (Å²) in [6.07, 6.45) is 3.46. The zero-order valence-electron chi connectivity index (χ0n) is 11.3. The minimum atomic E-state index is 0.116. The SMILES string of the molecule is CCC1CCC(C)N1CC(=O)c1ccc(Cl)c(Cl)c1. The Morgan fingerprint density at radius 2 is 2.05 bits per heavy atom. The number of nitrogens with zero attached hydrogens (tertiary/aromatic N) is 1. The fourth-order valence-electron chi connectivity index (χ4n) is 2.78. The molecule has 0 aliphatic carbocycles. The number of Topliss-reactive ketones (excluding diaryl/α,β-unsaturated/α-hetero) is 1. The topological polar surface area (TPSA) is 20.3 Å². The van der Waals surface area contributed by atoms with Crippen molar-refractivity contribution in [2.45, 2.75) is 45.2 Å². The van der Waals surface area contributed by atoms with Crippen molar-refractivity contribution in [3.8, 4) is 0 Å². The lowest BCUT2D eigenvalue weighted by Crippen LogP contribution is -2.38. The summed E-state index contributed by atoms with van der Waals surface area (Å²) in [5.41, 5.74) is 0.642. The summed E-state index contributed by atoms with van der Waals surface area (Å²) in [7, 11) is 0. The Kier molecular flexibility index (Phi) is 4.88. The number of halogens is 2. The van der Waals surface area contributed by atoms with E-state index in [0.29, 0.717) is 34.2 Å². The molecule has 0 amide bonds. The normalized spacial score (nSPS) is 23.8. The average molecular weight is 300 g/mol. The summed E-state index contributed by atoms with van der Waals surface area (Å²) in [5.74, 6) is 0.116. The molecule has 0 N–H and O–H groups in total. The number of ketones is 1. The van der Waals surface area contributed by atoms with E-state index in [2.05, 4.69) is 18.7 Å². The van der Waals surface area contributed by atoms with Gasteiger partial charge in [0.05, 0.1) is 16.6 Å². The van der Waals surface area contributed by atoms with Crippen LogP contribution in [0.3, 0.4) is 0 Å². The maximum Gasteiger partial charge on any atom is 0.176 e. The van der Waals surface area contributed by atoms with E-state index >= 15 is 0 Å². The minimum Gasteiger partial charge on any atom is -0.293 e. The average Bonchev–Trinajstić information content (AvgIpc) is 2.74. The summed E-state index contributed by atoms with van der Waals surface area (Å²) >= 11 is 11.8. The molecular weight excluding hydrogens is 281 g/mol. The molecule has 0 bridgehead atoms. The highest BCUT2D eigenvalue weighted by Crippen LogP contribution is 2.27. The molecule has 1 aliphatic heterocycles. The van der Waals surface area contributed by atoms with E-state index in [0.717, 1.165) is 6.42 Å². The number of rotatable bonds is 4. The van der Waals surface area contributed by atoms with Crippen molar-refractivity contribution in [2.75, 3.05) is 6.54 Å². The lowest BCUT2D eigenvalue weighted by Gasteiger charge is -2.26. The molecule has 4 heteroatoms. The van der Waals surface area contributed by atoms with Crippen LogP contribution in [0.2, 0.25) is 10.0 Å². The first-order chi connectivity index (χ1) is 9.02. The van der Waals surface area contributed by atoms with E-state index in [9.17, 15) is 4.79 Å². The van der Waals surface area contributed by atoms with Crippen molar-refractivity contribution in [3.05, 3.63) is 33.8 Å². The Morgan fingerprint density at radius 3 is 2.68 bits per heavy atom. The van der Waals surface area contributed by atoms with Gasteiger partial charge in [-0.05, 0) is 44.4 Å². The fourth-order valence-corrected chi connectivity index (χ4v) is 3.07. The van der Waals surface area contributed by atoms with Gasteiger partial charge >= 0.3 is 0 Å². The van der Waals surface area contributed by atoms with Gasteiger partial charge in [-0.1, -0.05) is 30.1 Å². The molecule has 0 radical (unpaired) electrons. The molecule has 2 unspecified atom stereocenters. The van der Waals surface area contributed by atoms with Crippen LogP contribution in [0.15, 0.2) is 18.2 Å². The van der Waals surface area contributed by atoms with Crippen LogP contribution in [0.25, 0.3) is 0 Å². The van der Waals surface area contributed by atoms with Crippen molar-refractivity contribution in [3.63, 3.8) is 0 Å². The molecule has 1 aliphatic rings. The fraction of sp³-hybridized carbons (Fsp3) is 0.533. The summed E-state index contributed by atoms with van der Waals surface area (Å²) < 4.78 is 0. The van der Waals surface area contributed by atoms with Crippen LogP contribution < -0.4 is 0 Å². The van der Waals surface area contributed by atoms with Crippen molar-refractivity contribution in [2.24, 2.45) is 0 Å². The van der Waals surface area contributed by atoms with E-state index in [-0.39, 0.29) is 5.78 Å². The summed E-state index contributed by atoms with van der Waals surface area (Å²) in [6, 6.07) is 6.10. The monoisotopic (exact) mass is 299 g/mol. The highest BCUT2D eigenvalue weighted by Gasteiger charge is 2.30. The van der Waals surface area contributed by atoms with Crippen LogP contribution in [-0.4, -0.2) is 29.3 Å². The zero-order chi connectivity index (χ0) is 14.0. The molecule has 1 aromatic carbocycles. The number of carbonyl (C=O) groups excluding carboxylic acids is 1. The molecule has 0 spiro atoms. The maximum absolute atomic E-state index is 12.3. The highest BCUT2D eigenvalue weighted by atomic mass is 35.5. The smallest absolute Gasteiger partial charge is 0.176 e. The van der Waals surface area contributed by atoms with Gasteiger partial charge in [0.1, 0.15) is 0 Å². The number of hydrogen-bond donors (Lipinski definition) is 0. The van der Waals surface area contributed by atoms with Gasteiger partial charge in [-0.25, -0.2) is 0 Å². The van der Waals surface area contributed by atoms with E-state index in [1.165, 1.54) is 12.8 Å². The summed E-state index contributed by atoms with van der Waals surface area (Å²) in [6.45, 7) is 4.84. The first-order valence-corrected chi connectivity index (χ1v) is 7.52. The Bertz CT molecular complexity index is 475. The largest absolute Gasteiger partial charge is 0.293 e. The van der Waals surface area contributed by atoms with E-state index in [4.69, 9.17) is 23.2 Å². The number of hydrogen-bond acceptors (Lipinski definition) is 2. The van der Waals surface area contributed by atoms with Crippen molar-refractivity contribution in [1.82, 2.24) is 4.90 Å². The van der Waals surface area contributed by atoms with Crippen LogP contribution in [0.5, 0.6) is 0 Å². The van der Waals surface area contributed by atoms with Crippen LogP contribution >= 0.6 is 23.2 Å². The first-order valence-electron chi connectivity index (χ1n) is 6.77. The van der Waals surface area contributed by atoms with Crippen LogP contribution in [0, 0.1) is 0 Å². The quantitative estimate of drug-likeness (QED) is 0.766. The van der Waals surface area contributed by atoms with Crippen molar-refractivity contribution in [1.29, 1.82) is 0 Å². The minimum absolute atomic E-state index is 0.116. The van der Waals surface area contributed by atoms with Gasteiger partial charge in [0.15, 0.2) is 5.78 Å². The molecule has 1 fully saturated rings. The van der Waals surface area contributed by atoms with Gasteiger partial charge in [0, 0.05) is 17.6 Å². The van der Waals surface area contributed by atoms with Gasteiger partial charge in [-0.3, -0.25) is 9.69 Å². The Labute approximate surface area is 124 Å². The molecule has 2 atom stereocenters. The third-order valence-electron chi connectivity index (χ3n) is 3.99. The molecular formula is C15H19Cl2NO. The summed E-state index contributed by atoms with van der Waals surface area (Å²) in [5, 5.41) is 0.924. The predicted molar refractivity (Wildman–Crippen MR) is 80.3 cm³/mol. The van der Waals surface area contributed by atoms with Crippen LogP contribution in [0.1, 0.15) is 43.5 Å². The molecule has 2 nitrogen and oxygen atoms in total. The van der Waals surface area contributed by atoms with Gasteiger partial charge in [0.2, 0.25) is 0 Å². The van der Waals surface area contributed by atoms with Crippen LogP contribution in [0.4, 0.5) is 0 Å². The standard InChI is InChI=1S/C15H19Cl2NO/c1-3-12-6-4-10(2)18(12)9-15(19)11-5-7-13(16)14(17)8-11/h5,7-8,10,12H,3-4,6,9H2,1-2H3. The lowest BCUT2D eigenvalue weighted by molar-refractivity contribution is 0.0889. The Hall–Kier alpha value is -0.570. The molecule has 19 heavy (non-hydrogen) atoms. The lowest BCUT2D eigenvalue weighted by atomic mass is 10.1. The zero-order valence-corrected chi connectivity index (χ0v) is 12.8. The number of likely N-dealkylation sites (tertiary alicyclic amines) is 1. The van der Waals surface area contributed by atoms with Crippen LogP contribution in [-0.2, 0) is 0 Å². The third kappa shape index (κ3) is 3.31. The first kappa shape index (κ1) is 14.8.